The van der Waals surface area contributed by atoms with Gasteiger partial charge < -0.3 is 9.47 Å². The second kappa shape index (κ2) is 5.69. The summed E-state index contributed by atoms with van der Waals surface area (Å²) in [5, 5.41) is 3.43. The average Bonchev–Trinajstić information content (AvgIpc) is 2.47. The fourth-order valence-corrected chi connectivity index (χ4v) is 1.66. The molecule has 3 nitrogen and oxygen atoms in total. The molecular weight excluding hydrogens is 178 g/mol. The lowest BCUT2D eigenvalue weighted by molar-refractivity contribution is -0.00853. The van der Waals surface area contributed by atoms with E-state index < -0.39 is 0 Å². The molecular formula is C11H23NO2. The first-order valence-corrected chi connectivity index (χ1v) is 5.61. The van der Waals surface area contributed by atoms with E-state index in [1.54, 1.807) is 0 Å². The molecule has 0 radical (unpaired) electrons. The van der Waals surface area contributed by atoms with Gasteiger partial charge >= 0.3 is 0 Å². The van der Waals surface area contributed by atoms with Crippen LogP contribution in [0.1, 0.15) is 40.5 Å². The van der Waals surface area contributed by atoms with Crippen molar-refractivity contribution in [1.29, 1.82) is 0 Å². The van der Waals surface area contributed by atoms with E-state index in [-0.39, 0.29) is 6.23 Å². The monoisotopic (exact) mass is 201 g/mol. The van der Waals surface area contributed by atoms with Gasteiger partial charge in [0, 0.05) is 6.04 Å². The second-order valence-electron chi connectivity index (χ2n) is 4.50. The third-order valence-electron chi connectivity index (χ3n) is 2.27. The zero-order chi connectivity index (χ0) is 10.6. The second-order valence-corrected chi connectivity index (χ2v) is 4.50. The van der Waals surface area contributed by atoms with Gasteiger partial charge in [0.15, 0.2) is 0 Å². The van der Waals surface area contributed by atoms with E-state index >= 15 is 0 Å². The largest absolute Gasteiger partial charge is 0.377 e. The van der Waals surface area contributed by atoms with Crippen LogP contribution in [0.5, 0.6) is 0 Å². The molecule has 1 aliphatic rings. The molecule has 0 saturated carbocycles. The number of rotatable bonds is 5. The SMILES string of the molecule is CC(C)OCC1CCC(OC(C)C)N1. The molecule has 1 saturated heterocycles. The molecule has 1 fully saturated rings. The van der Waals surface area contributed by atoms with Crippen molar-refractivity contribution in [1.82, 2.24) is 5.32 Å². The van der Waals surface area contributed by atoms with Crippen LogP contribution in [0.3, 0.4) is 0 Å². The van der Waals surface area contributed by atoms with Crippen LogP contribution in [0, 0.1) is 0 Å². The van der Waals surface area contributed by atoms with Crippen molar-refractivity contribution in [2.24, 2.45) is 0 Å². The van der Waals surface area contributed by atoms with E-state index in [1.807, 2.05) is 0 Å². The normalized spacial score (nSPS) is 27.9. The highest BCUT2D eigenvalue weighted by Crippen LogP contribution is 2.15. The molecule has 0 bridgehead atoms. The lowest BCUT2D eigenvalue weighted by atomic mass is 10.2. The fourth-order valence-electron chi connectivity index (χ4n) is 1.66. The lowest BCUT2D eigenvalue weighted by Gasteiger charge is -2.18. The molecule has 14 heavy (non-hydrogen) atoms. The predicted molar refractivity (Wildman–Crippen MR) is 57.3 cm³/mol. The number of ether oxygens (including phenoxy) is 2. The van der Waals surface area contributed by atoms with E-state index in [1.165, 1.54) is 0 Å². The summed E-state index contributed by atoms with van der Waals surface area (Å²) in [5.41, 5.74) is 0. The van der Waals surface area contributed by atoms with Crippen LogP contribution in [-0.4, -0.2) is 31.1 Å². The molecule has 0 amide bonds. The summed E-state index contributed by atoms with van der Waals surface area (Å²) in [6.45, 7) is 9.07. The van der Waals surface area contributed by atoms with Gasteiger partial charge in [-0.2, -0.15) is 0 Å². The molecule has 1 aliphatic heterocycles. The third kappa shape index (κ3) is 4.40. The Morgan fingerprint density at radius 1 is 1.14 bits per heavy atom. The van der Waals surface area contributed by atoms with Crippen molar-refractivity contribution in [3.05, 3.63) is 0 Å². The van der Waals surface area contributed by atoms with Crippen LogP contribution in [0.25, 0.3) is 0 Å². The van der Waals surface area contributed by atoms with Crippen LogP contribution in [-0.2, 0) is 9.47 Å². The van der Waals surface area contributed by atoms with Crippen molar-refractivity contribution in [3.63, 3.8) is 0 Å². The molecule has 1 N–H and O–H groups in total. The molecule has 0 aromatic rings. The number of hydrogen-bond acceptors (Lipinski definition) is 3. The third-order valence-corrected chi connectivity index (χ3v) is 2.27. The van der Waals surface area contributed by atoms with Crippen molar-refractivity contribution in [2.75, 3.05) is 6.61 Å². The first-order chi connectivity index (χ1) is 6.58. The minimum absolute atomic E-state index is 0.232. The molecule has 2 unspecified atom stereocenters. The van der Waals surface area contributed by atoms with Gasteiger partial charge in [-0.05, 0) is 40.5 Å². The van der Waals surface area contributed by atoms with Gasteiger partial charge in [0.25, 0.3) is 0 Å². The Kier molecular flexibility index (Phi) is 4.85. The Morgan fingerprint density at radius 3 is 2.43 bits per heavy atom. The zero-order valence-electron chi connectivity index (χ0n) is 9.75. The summed E-state index contributed by atoms with van der Waals surface area (Å²) in [4.78, 5) is 0. The smallest absolute Gasteiger partial charge is 0.108 e. The first kappa shape index (κ1) is 12.0. The maximum atomic E-state index is 5.68. The molecule has 0 aliphatic carbocycles. The molecule has 84 valence electrons. The van der Waals surface area contributed by atoms with E-state index in [0.717, 1.165) is 19.4 Å². The number of nitrogens with one attached hydrogen (secondary N) is 1. The van der Waals surface area contributed by atoms with Crippen LogP contribution in [0.15, 0.2) is 0 Å². The summed E-state index contributed by atoms with van der Waals surface area (Å²) in [6.07, 6.45) is 3.11. The van der Waals surface area contributed by atoms with Gasteiger partial charge in [0.2, 0.25) is 0 Å². The maximum Gasteiger partial charge on any atom is 0.108 e. The van der Waals surface area contributed by atoms with Crippen molar-refractivity contribution < 1.29 is 9.47 Å². The number of hydrogen-bond donors (Lipinski definition) is 1. The standard InChI is InChI=1S/C11H23NO2/c1-8(2)13-7-10-5-6-11(12-10)14-9(3)4/h8-12H,5-7H2,1-4H3. The predicted octanol–water partition coefficient (Wildman–Crippen LogP) is 1.91. The van der Waals surface area contributed by atoms with Crippen LogP contribution in [0.2, 0.25) is 0 Å². The van der Waals surface area contributed by atoms with E-state index in [4.69, 9.17) is 9.47 Å². The highest BCUT2D eigenvalue weighted by molar-refractivity contribution is 4.78. The quantitative estimate of drug-likeness (QED) is 0.737. The van der Waals surface area contributed by atoms with Crippen molar-refractivity contribution >= 4 is 0 Å². The van der Waals surface area contributed by atoms with E-state index in [0.29, 0.717) is 18.2 Å². The van der Waals surface area contributed by atoms with Gasteiger partial charge in [-0.25, -0.2) is 0 Å². The van der Waals surface area contributed by atoms with Gasteiger partial charge in [0.05, 0.1) is 18.8 Å². The van der Waals surface area contributed by atoms with Gasteiger partial charge in [0.1, 0.15) is 6.23 Å². The Hall–Kier alpha value is -0.120. The highest BCUT2D eigenvalue weighted by atomic mass is 16.5. The first-order valence-electron chi connectivity index (χ1n) is 5.61. The topological polar surface area (TPSA) is 30.5 Å². The molecule has 0 aromatic heterocycles. The van der Waals surface area contributed by atoms with E-state index in [9.17, 15) is 0 Å². The maximum absolute atomic E-state index is 5.68. The minimum atomic E-state index is 0.232. The Morgan fingerprint density at radius 2 is 1.86 bits per heavy atom. The summed E-state index contributed by atoms with van der Waals surface area (Å²) in [6, 6.07) is 0.473. The lowest BCUT2D eigenvalue weighted by Crippen LogP contribution is -2.36. The molecule has 2 atom stereocenters. The summed E-state index contributed by atoms with van der Waals surface area (Å²) in [5.74, 6) is 0. The molecule has 3 heteroatoms. The Balaban J connectivity index is 2.14. The zero-order valence-corrected chi connectivity index (χ0v) is 9.75. The minimum Gasteiger partial charge on any atom is -0.377 e. The summed E-state index contributed by atoms with van der Waals surface area (Å²) in [7, 11) is 0. The van der Waals surface area contributed by atoms with Crippen molar-refractivity contribution in [3.8, 4) is 0 Å². The Labute approximate surface area is 87.2 Å². The average molecular weight is 201 g/mol. The van der Waals surface area contributed by atoms with Crippen LogP contribution in [0.4, 0.5) is 0 Å². The Bertz CT molecular complexity index is 159. The highest BCUT2D eigenvalue weighted by Gasteiger charge is 2.24. The van der Waals surface area contributed by atoms with Gasteiger partial charge in [-0.15, -0.1) is 0 Å². The van der Waals surface area contributed by atoms with E-state index in [2.05, 4.69) is 33.0 Å². The van der Waals surface area contributed by atoms with Crippen LogP contribution >= 0.6 is 0 Å². The fraction of sp³-hybridized carbons (Fsp3) is 1.00. The molecule has 1 heterocycles. The van der Waals surface area contributed by atoms with Crippen LogP contribution < -0.4 is 5.32 Å². The molecule has 0 spiro atoms. The molecule has 0 aromatic carbocycles. The van der Waals surface area contributed by atoms with Gasteiger partial charge in [-0.3, -0.25) is 5.32 Å². The van der Waals surface area contributed by atoms with Crippen molar-refractivity contribution in [2.45, 2.75) is 65.0 Å². The molecule has 1 rings (SSSR count). The summed E-state index contributed by atoms with van der Waals surface area (Å²) >= 11 is 0. The van der Waals surface area contributed by atoms with Gasteiger partial charge in [-0.1, -0.05) is 0 Å². The summed E-state index contributed by atoms with van der Waals surface area (Å²) < 4.78 is 11.2.